The highest BCUT2D eigenvalue weighted by atomic mass is 16.5. The minimum Gasteiger partial charge on any atom is -0.466 e. The molecule has 3 heteroatoms. The van der Waals surface area contributed by atoms with Crippen molar-refractivity contribution in [3.63, 3.8) is 0 Å². The van der Waals surface area contributed by atoms with E-state index < -0.39 is 0 Å². The molecule has 0 aliphatic heterocycles. The van der Waals surface area contributed by atoms with Gasteiger partial charge in [0.05, 0.1) is 18.7 Å². The molecule has 3 nitrogen and oxygen atoms in total. The largest absolute Gasteiger partial charge is 0.466 e. The lowest BCUT2D eigenvalue weighted by Gasteiger charge is -2.10. The molecule has 0 aliphatic carbocycles. The highest BCUT2D eigenvalue weighted by Crippen LogP contribution is 2.23. The van der Waals surface area contributed by atoms with E-state index in [-0.39, 0.29) is 12.4 Å². The van der Waals surface area contributed by atoms with E-state index in [1.54, 1.807) is 6.20 Å². The molecule has 0 fully saturated rings. The third-order valence-electron chi connectivity index (χ3n) is 2.85. The van der Waals surface area contributed by atoms with Gasteiger partial charge in [-0.2, -0.15) is 0 Å². The quantitative estimate of drug-likeness (QED) is 0.788. The Balaban J connectivity index is 2.36. The first kappa shape index (κ1) is 13.3. The van der Waals surface area contributed by atoms with Crippen LogP contribution in [-0.4, -0.2) is 17.6 Å². The van der Waals surface area contributed by atoms with Gasteiger partial charge >= 0.3 is 5.97 Å². The molecule has 19 heavy (non-hydrogen) atoms. The fourth-order valence-corrected chi connectivity index (χ4v) is 1.97. The lowest BCUT2D eigenvalue weighted by Crippen LogP contribution is -2.08. The van der Waals surface area contributed by atoms with Gasteiger partial charge in [-0.05, 0) is 37.6 Å². The summed E-state index contributed by atoms with van der Waals surface area (Å²) >= 11 is 0. The predicted molar refractivity (Wildman–Crippen MR) is 74.7 cm³/mol. The van der Waals surface area contributed by atoms with Gasteiger partial charge < -0.3 is 4.74 Å². The smallest absolute Gasteiger partial charge is 0.310 e. The molecule has 0 saturated heterocycles. The van der Waals surface area contributed by atoms with E-state index in [4.69, 9.17) is 4.74 Å². The van der Waals surface area contributed by atoms with Crippen LogP contribution >= 0.6 is 0 Å². The Morgan fingerprint density at radius 2 is 2.11 bits per heavy atom. The third-order valence-corrected chi connectivity index (χ3v) is 2.85. The van der Waals surface area contributed by atoms with Crippen LogP contribution in [-0.2, 0) is 16.0 Å². The molecule has 0 radical (unpaired) electrons. The second kappa shape index (κ2) is 6.14. The number of nitrogens with zero attached hydrogens (tertiary/aromatic N) is 1. The van der Waals surface area contributed by atoms with Crippen LogP contribution < -0.4 is 0 Å². The Morgan fingerprint density at radius 1 is 1.26 bits per heavy atom. The number of rotatable bonds is 4. The molecule has 0 atom stereocenters. The van der Waals surface area contributed by atoms with Crippen molar-refractivity contribution in [2.45, 2.75) is 20.3 Å². The zero-order valence-corrected chi connectivity index (χ0v) is 11.2. The molecule has 1 heterocycles. The van der Waals surface area contributed by atoms with Crippen LogP contribution in [0.3, 0.4) is 0 Å². The molecular weight excluding hydrogens is 238 g/mol. The molecule has 0 unspecified atom stereocenters. The number of aryl methyl sites for hydroxylation is 1. The van der Waals surface area contributed by atoms with E-state index >= 15 is 0 Å². The molecule has 2 aromatic rings. The van der Waals surface area contributed by atoms with Gasteiger partial charge in [0.15, 0.2) is 0 Å². The number of ether oxygens (including phenoxy) is 1. The molecule has 0 bridgehead atoms. The molecule has 1 aromatic heterocycles. The second-order valence-electron chi connectivity index (χ2n) is 4.36. The number of esters is 1. The average Bonchev–Trinajstić information content (AvgIpc) is 2.42. The van der Waals surface area contributed by atoms with Crippen LogP contribution in [0.4, 0.5) is 0 Å². The minimum atomic E-state index is -0.205. The summed E-state index contributed by atoms with van der Waals surface area (Å²) in [6.07, 6.45) is 2.03. The monoisotopic (exact) mass is 255 g/mol. The number of pyridine rings is 1. The number of benzene rings is 1. The zero-order valence-electron chi connectivity index (χ0n) is 11.2. The van der Waals surface area contributed by atoms with Gasteiger partial charge in [0.25, 0.3) is 0 Å². The minimum absolute atomic E-state index is 0.205. The number of carbonyl (C=O) groups excluding carboxylic acids is 1. The van der Waals surface area contributed by atoms with Crippen molar-refractivity contribution >= 4 is 5.97 Å². The first-order valence-electron chi connectivity index (χ1n) is 6.37. The van der Waals surface area contributed by atoms with Crippen molar-refractivity contribution in [2.75, 3.05) is 6.61 Å². The van der Waals surface area contributed by atoms with Crippen LogP contribution in [0, 0.1) is 6.92 Å². The van der Waals surface area contributed by atoms with E-state index in [9.17, 15) is 4.79 Å². The maximum atomic E-state index is 11.6. The van der Waals surface area contributed by atoms with E-state index in [1.165, 1.54) is 0 Å². The predicted octanol–water partition coefficient (Wildman–Crippen LogP) is 3.16. The average molecular weight is 255 g/mol. The summed E-state index contributed by atoms with van der Waals surface area (Å²) in [5, 5.41) is 0. The molecule has 2 rings (SSSR count). The van der Waals surface area contributed by atoms with Gasteiger partial charge in [-0.15, -0.1) is 0 Å². The van der Waals surface area contributed by atoms with Crippen molar-refractivity contribution in [3.05, 3.63) is 53.7 Å². The third kappa shape index (κ3) is 3.41. The van der Waals surface area contributed by atoms with Crippen molar-refractivity contribution < 1.29 is 9.53 Å². The SMILES string of the molecule is CCOC(=O)Cc1ccc(C)cc1-c1ccccn1. The molecule has 0 N–H and O–H groups in total. The fraction of sp³-hybridized carbons (Fsp3) is 0.250. The molecule has 0 spiro atoms. The normalized spacial score (nSPS) is 10.2. The number of carbonyl (C=O) groups is 1. The highest BCUT2D eigenvalue weighted by Gasteiger charge is 2.11. The summed E-state index contributed by atoms with van der Waals surface area (Å²) in [7, 11) is 0. The summed E-state index contributed by atoms with van der Waals surface area (Å²) in [4.78, 5) is 16.0. The van der Waals surface area contributed by atoms with Gasteiger partial charge in [0, 0.05) is 11.8 Å². The van der Waals surface area contributed by atoms with Gasteiger partial charge in [0.1, 0.15) is 0 Å². The maximum Gasteiger partial charge on any atom is 0.310 e. The first-order chi connectivity index (χ1) is 9.20. The zero-order chi connectivity index (χ0) is 13.7. The molecule has 0 saturated carbocycles. The number of aromatic nitrogens is 1. The Bertz CT molecular complexity index is 564. The standard InChI is InChI=1S/C16H17NO2/c1-3-19-16(18)11-13-8-7-12(2)10-14(13)15-6-4-5-9-17-15/h4-10H,3,11H2,1-2H3. The van der Waals surface area contributed by atoms with E-state index in [2.05, 4.69) is 11.1 Å². The summed E-state index contributed by atoms with van der Waals surface area (Å²) < 4.78 is 5.01. The van der Waals surface area contributed by atoms with E-state index in [1.807, 2.05) is 44.2 Å². The number of hydrogen-bond acceptors (Lipinski definition) is 3. The Kier molecular flexibility index (Phi) is 4.29. The maximum absolute atomic E-state index is 11.6. The lowest BCUT2D eigenvalue weighted by atomic mass is 9.99. The summed E-state index contributed by atoms with van der Waals surface area (Å²) in [6.45, 7) is 4.25. The highest BCUT2D eigenvalue weighted by molar-refractivity contribution is 5.77. The molecule has 1 aromatic carbocycles. The summed E-state index contributed by atoms with van der Waals surface area (Å²) in [6, 6.07) is 11.8. The van der Waals surface area contributed by atoms with Crippen LogP contribution in [0.5, 0.6) is 0 Å². The Hall–Kier alpha value is -2.16. The topological polar surface area (TPSA) is 39.2 Å². The van der Waals surface area contributed by atoms with Crippen molar-refractivity contribution in [3.8, 4) is 11.3 Å². The Morgan fingerprint density at radius 3 is 2.79 bits per heavy atom. The summed E-state index contributed by atoms with van der Waals surface area (Å²) in [5.41, 5.74) is 3.97. The lowest BCUT2D eigenvalue weighted by molar-refractivity contribution is -0.142. The second-order valence-corrected chi connectivity index (χ2v) is 4.36. The molecular formula is C16H17NO2. The van der Waals surface area contributed by atoms with Gasteiger partial charge in [-0.3, -0.25) is 9.78 Å². The van der Waals surface area contributed by atoms with Crippen molar-refractivity contribution in [1.29, 1.82) is 0 Å². The van der Waals surface area contributed by atoms with Crippen LogP contribution in [0.15, 0.2) is 42.6 Å². The van der Waals surface area contributed by atoms with E-state index in [0.717, 1.165) is 22.4 Å². The summed E-state index contributed by atoms with van der Waals surface area (Å²) in [5.74, 6) is -0.205. The van der Waals surface area contributed by atoms with Crippen LogP contribution in [0.1, 0.15) is 18.1 Å². The fourth-order valence-electron chi connectivity index (χ4n) is 1.97. The molecule has 0 aliphatic rings. The van der Waals surface area contributed by atoms with E-state index in [0.29, 0.717) is 6.61 Å². The van der Waals surface area contributed by atoms with Crippen molar-refractivity contribution in [1.82, 2.24) is 4.98 Å². The van der Waals surface area contributed by atoms with Gasteiger partial charge in [-0.25, -0.2) is 0 Å². The molecule has 0 amide bonds. The van der Waals surface area contributed by atoms with Crippen LogP contribution in [0.25, 0.3) is 11.3 Å². The van der Waals surface area contributed by atoms with Crippen LogP contribution in [0.2, 0.25) is 0 Å². The van der Waals surface area contributed by atoms with Gasteiger partial charge in [-0.1, -0.05) is 23.8 Å². The Labute approximate surface area is 113 Å². The number of hydrogen-bond donors (Lipinski definition) is 0. The molecule has 98 valence electrons. The van der Waals surface area contributed by atoms with Gasteiger partial charge in [0.2, 0.25) is 0 Å². The van der Waals surface area contributed by atoms with Crippen molar-refractivity contribution in [2.24, 2.45) is 0 Å². The first-order valence-corrected chi connectivity index (χ1v) is 6.37.